The van der Waals surface area contributed by atoms with E-state index in [9.17, 15) is 4.79 Å². The Balaban J connectivity index is 0.00000338. The van der Waals surface area contributed by atoms with Crippen molar-refractivity contribution < 1.29 is 14.3 Å². The van der Waals surface area contributed by atoms with Gasteiger partial charge in [-0.2, -0.15) is 0 Å². The fourth-order valence-electron chi connectivity index (χ4n) is 2.56. The van der Waals surface area contributed by atoms with Crippen LogP contribution in [0.5, 0.6) is 11.5 Å². The number of halogens is 2. The van der Waals surface area contributed by atoms with E-state index in [4.69, 9.17) is 15.2 Å². The fourth-order valence-corrected chi connectivity index (χ4v) is 2.56. The third-order valence-corrected chi connectivity index (χ3v) is 4.26. The average Bonchev–Trinajstić information content (AvgIpc) is 2.93. The van der Waals surface area contributed by atoms with Crippen molar-refractivity contribution in [2.45, 2.75) is 32.9 Å². The molecule has 1 heterocycles. The van der Waals surface area contributed by atoms with Crippen molar-refractivity contribution in [2.75, 3.05) is 20.8 Å². The van der Waals surface area contributed by atoms with Gasteiger partial charge in [0.2, 0.25) is 5.91 Å². The second-order valence-corrected chi connectivity index (χ2v) is 5.88. The van der Waals surface area contributed by atoms with Crippen LogP contribution in [0.3, 0.4) is 0 Å². The van der Waals surface area contributed by atoms with Crippen LogP contribution < -0.4 is 20.5 Å². The SMILES string of the molecule is COc1ccc(C(N)CC(=O)NCCn2cnc(C)c2C)cc1OC.Cl.Cl. The molecule has 0 radical (unpaired) electrons. The molecule has 0 aliphatic heterocycles. The minimum atomic E-state index is -0.406. The largest absolute Gasteiger partial charge is 0.493 e. The van der Waals surface area contributed by atoms with Crippen molar-refractivity contribution >= 4 is 30.7 Å². The predicted molar refractivity (Wildman–Crippen MR) is 110 cm³/mol. The molecule has 0 bridgehead atoms. The highest BCUT2D eigenvalue weighted by atomic mass is 35.5. The number of rotatable bonds is 8. The van der Waals surface area contributed by atoms with Crippen LogP contribution in [0.1, 0.15) is 29.4 Å². The number of hydrogen-bond donors (Lipinski definition) is 2. The number of aryl methyl sites for hydroxylation is 1. The first-order valence-electron chi connectivity index (χ1n) is 8.18. The molecule has 1 atom stereocenters. The maximum atomic E-state index is 12.1. The van der Waals surface area contributed by atoms with Gasteiger partial charge in [0.25, 0.3) is 0 Å². The van der Waals surface area contributed by atoms with Gasteiger partial charge in [-0.3, -0.25) is 4.79 Å². The number of imidazole rings is 1. The van der Waals surface area contributed by atoms with E-state index in [1.54, 1.807) is 32.7 Å². The molecular weight excluding hydrogens is 391 g/mol. The molecule has 1 aromatic carbocycles. The first-order chi connectivity index (χ1) is 12.0. The van der Waals surface area contributed by atoms with Crippen molar-refractivity contribution in [1.29, 1.82) is 0 Å². The first kappa shape index (κ1) is 25.0. The average molecular weight is 419 g/mol. The molecule has 1 unspecified atom stereocenters. The molecule has 9 heteroatoms. The lowest BCUT2D eigenvalue weighted by atomic mass is 10.0. The van der Waals surface area contributed by atoms with Gasteiger partial charge < -0.3 is 25.1 Å². The molecule has 27 heavy (non-hydrogen) atoms. The second-order valence-electron chi connectivity index (χ2n) is 5.88. The summed E-state index contributed by atoms with van der Waals surface area (Å²) in [6.45, 7) is 5.20. The predicted octanol–water partition coefficient (Wildman–Crippen LogP) is 2.57. The number of amides is 1. The summed E-state index contributed by atoms with van der Waals surface area (Å²) < 4.78 is 12.5. The van der Waals surface area contributed by atoms with E-state index < -0.39 is 6.04 Å². The summed E-state index contributed by atoms with van der Waals surface area (Å²) >= 11 is 0. The lowest BCUT2D eigenvalue weighted by molar-refractivity contribution is -0.121. The summed E-state index contributed by atoms with van der Waals surface area (Å²) in [5, 5.41) is 2.90. The summed E-state index contributed by atoms with van der Waals surface area (Å²) in [5.74, 6) is 1.15. The Bertz CT molecular complexity index is 737. The molecule has 0 fully saturated rings. The van der Waals surface area contributed by atoms with E-state index in [2.05, 4.69) is 10.3 Å². The van der Waals surface area contributed by atoms with Gasteiger partial charge in [0.05, 0.1) is 26.2 Å². The number of aromatic nitrogens is 2. The minimum absolute atomic E-state index is 0. The summed E-state index contributed by atoms with van der Waals surface area (Å²) in [6.07, 6.45) is 1.99. The van der Waals surface area contributed by atoms with Crippen molar-refractivity contribution in [1.82, 2.24) is 14.9 Å². The standard InChI is InChI=1S/C18H26N4O3.2ClH/c1-12-13(2)22(11-21-12)8-7-20-18(23)10-15(19)14-5-6-16(24-3)17(9-14)25-4;;/h5-6,9,11,15H,7-8,10,19H2,1-4H3,(H,20,23);2*1H. The Labute approximate surface area is 172 Å². The molecule has 0 saturated heterocycles. The maximum absolute atomic E-state index is 12.1. The van der Waals surface area contributed by atoms with Crippen LogP contribution in [-0.4, -0.2) is 36.2 Å². The van der Waals surface area contributed by atoms with Gasteiger partial charge in [-0.1, -0.05) is 6.07 Å². The molecule has 0 saturated carbocycles. The van der Waals surface area contributed by atoms with Crippen LogP contribution in [0.25, 0.3) is 0 Å². The molecular formula is C18H28Cl2N4O3. The van der Waals surface area contributed by atoms with E-state index in [1.165, 1.54) is 0 Å². The van der Waals surface area contributed by atoms with Gasteiger partial charge in [0, 0.05) is 31.2 Å². The normalized spacial score (nSPS) is 11.0. The molecule has 0 aliphatic rings. The molecule has 7 nitrogen and oxygen atoms in total. The Hall–Kier alpha value is -1.96. The van der Waals surface area contributed by atoms with Gasteiger partial charge in [-0.15, -0.1) is 24.8 Å². The molecule has 152 valence electrons. The van der Waals surface area contributed by atoms with E-state index >= 15 is 0 Å². The quantitative estimate of drug-likeness (QED) is 0.686. The number of hydrogen-bond acceptors (Lipinski definition) is 5. The highest BCUT2D eigenvalue weighted by Crippen LogP contribution is 2.30. The molecule has 3 N–H and O–H groups in total. The van der Waals surface area contributed by atoms with Crippen LogP contribution in [0, 0.1) is 13.8 Å². The molecule has 1 aromatic heterocycles. The fraction of sp³-hybridized carbons (Fsp3) is 0.444. The third-order valence-electron chi connectivity index (χ3n) is 4.26. The minimum Gasteiger partial charge on any atom is -0.493 e. The number of carbonyl (C=O) groups excluding carboxylic acids is 1. The lowest BCUT2D eigenvalue weighted by Crippen LogP contribution is -2.30. The van der Waals surface area contributed by atoms with Crippen LogP contribution >= 0.6 is 24.8 Å². The van der Waals surface area contributed by atoms with Gasteiger partial charge in [-0.25, -0.2) is 4.98 Å². The van der Waals surface area contributed by atoms with Crippen LogP contribution in [0.15, 0.2) is 24.5 Å². The van der Waals surface area contributed by atoms with E-state index in [-0.39, 0.29) is 37.1 Å². The highest BCUT2D eigenvalue weighted by Gasteiger charge is 2.14. The number of benzene rings is 1. The zero-order valence-electron chi connectivity index (χ0n) is 16.0. The topological polar surface area (TPSA) is 91.4 Å². The number of carbonyl (C=O) groups is 1. The number of ether oxygens (including phenoxy) is 2. The summed E-state index contributed by atoms with van der Waals surface area (Å²) in [4.78, 5) is 16.4. The molecule has 0 aliphatic carbocycles. The van der Waals surface area contributed by atoms with Crippen LogP contribution in [0.4, 0.5) is 0 Å². The molecule has 1 amide bonds. The monoisotopic (exact) mass is 418 g/mol. The number of nitrogens with one attached hydrogen (secondary N) is 1. The first-order valence-corrected chi connectivity index (χ1v) is 8.18. The Kier molecular flexibility index (Phi) is 10.8. The van der Waals surface area contributed by atoms with Gasteiger partial charge in [-0.05, 0) is 31.5 Å². The van der Waals surface area contributed by atoms with E-state index in [0.717, 1.165) is 17.0 Å². The van der Waals surface area contributed by atoms with Crippen molar-refractivity contribution in [3.8, 4) is 11.5 Å². The second kappa shape index (κ2) is 11.7. The summed E-state index contributed by atoms with van der Waals surface area (Å²) in [6, 6.07) is 5.03. The number of nitrogens with two attached hydrogens (primary N) is 1. The molecule has 2 aromatic rings. The molecule has 0 spiro atoms. The Morgan fingerprint density at radius 1 is 1.22 bits per heavy atom. The summed E-state index contributed by atoms with van der Waals surface area (Å²) in [5.41, 5.74) is 9.09. The van der Waals surface area contributed by atoms with E-state index in [0.29, 0.717) is 24.6 Å². The highest BCUT2D eigenvalue weighted by molar-refractivity contribution is 5.85. The lowest BCUT2D eigenvalue weighted by Gasteiger charge is -2.15. The van der Waals surface area contributed by atoms with Crippen molar-refractivity contribution in [3.05, 3.63) is 41.5 Å². The number of methoxy groups -OCH3 is 2. The Morgan fingerprint density at radius 2 is 1.89 bits per heavy atom. The van der Waals surface area contributed by atoms with E-state index in [1.807, 2.05) is 24.5 Å². The third kappa shape index (κ3) is 6.61. The molecule has 2 rings (SSSR count). The van der Waals surface area contributed by atoms with Crippen molar-refractivity contribution in [3.63, 3.8) is 0 Å². The summed E-state index contributed by atoms with van der Waals surface area (Å²) in [7, 11) is 3.15. The zero-order valence-corrected chi connectivity index (χ0v) is 17.7. The van der Waals surface area contributed by atoms with Crippen molar-refractivity contribution in [2.24, 2.45) is 5.73 Å². The van der Waals surface area contributed by atoms with Crippen LogP contribution in [-0.2, 0) is 11.3 Å². The maximum Gasteiger partial charge on any atom is 0.221 e. The number of nitrogens with zero attached hydrogens (tertiary/aromatic N) is 2. The van der Waals surface area contributed by atoms with Gasteiger partial charge in [0.1, 0.15) is 0 Å². The van der Waals surface area contributed by atoms with Crippen LogP contribution in [0.2, 0.25) is 0 Å². The smallest absolute Gasteiger partial charge is 0.221 e. The van der Waals surface area contributed by atoms with Gasteiger partial charge >= 0.3 is 0 Å². The van der Waals surface area contributed by atoms with Gasteiger partial charge in [0.15, 0.2) is 11.5 Å². The zero-order chi connectivity index (χ0) is 18.4. The Morgan fingerprint density at radius 3 is 2.44 bits per heavy atom.